The highest BCUT2D eigenvalue weighted by atomic mass is 32.2. The summed E-state index contributed by atoms with van der Waals surface area (Å²) in [5, 5.41) is 0.738. The molecule has 0 aromatic carbocycles. The smallest absolute Gasteiger partial charge is 0.326 e. The summed E-state index contributed by atoms with van der Waals surface area (Å²) in [5.74, 6) is -0.507. The number of esters is 1. The van der Waals surface area contributed by atoms with E-state index < -0.39 is 11.6 Å². The summed E-state index contributed by atoms with van der Waals surface area (Å²) < 4.78 is 5.23. The molecule has 134 valence electrons. The molecule has 0 saturated carbocycles. The molecule has 0 unspecified atom stereocenters. The number of aromatic nitrogens is 2. The third-order valence-corrected chi connectivity index (χ3v) is 3.93. The summed E-state index contributed by atoms with van der Waals surface area (Å²) in [6.45, 7) is 9.22. The summed E-state index contributed by atoms with van der Waals surface area (Å²) in [6.07, 6.45) is 2.80. The Kier molecular flexibility index (Phi) is 7.20. The van der Waals surface area contributed by atoms with Gasteiger partial charge in [-0.2, -0.15) is 0 Å². The van der Waals surface area contributed by atoms with Gasteiger partial charge in [-0.25, -0.2) is 9.97 Å². The van der Waals surface area contributed by atoms with Gasteiger partial charge in [0.15, 0.2) is 5.16 Å². The first-order valence-corrected chi connectivity index (χ1v) is 9.10. The average molecular weight is 353 g/mol. The van der Waals surface area contributed by atoms with Gasteiger partial charge in [0, 0.05) is 24.9 Å². The molecule has 7 heteroatoms. The van der Waals surface area contributed by atoms with Crippen LogP contribution >= 0.6 is 11.8 Å². The van der Waals surface area contributed by atoms with Crippen LogP contribution in [0.25, 0.3) is 0 Å². The van der Waals surface area contributed by atoms with E-state index in [1.54, 1.807) is 27.8 Å². The van der Waals surface area contributed by atoms with Gasteiger partial charge in [0.1, 0.15) is 12.1 Å². The summed E-state index contributed by atoms with van der Waals surface area (Å²) in [7, 11) is 1.61. The number of likely N-dealkylation sites (N-methyl/N-ethyl adjacent to an activating group) is 1. The minimum absolute atomic E-state index is 0.0457. The number of hydrogen-bond acceptors (Lipinski definition) is 6. The van der Waals surface area contributed by atoms with Crippen LogP contribution in [0.1, 0.15) is 44.1 Å². The molecule has 0 N–H and O–H groups in total. The maximum atomic E-state index is 12.2. The van der Waals surface area contributed by atoms with Gasteiger partial charge in [-0.1, -0.05) is 11.8 Å². The van der Waals surface area contributed by atoms with Crippen LogP contribution in [0.3, 0.4) is 0 Å². The van der Waals surface area contributed by atoms with Gasteiger partial charge >= 0.3 is 5.97 Å². The first kappa shape index (κ1) is 20.4. The fourth-order valence-electron chi connectivity index (χ4n) is 2.24. The topological polar surface area (TPSA) is 72.4 Å². The Morgan fingerprint density at radius 3 is 2.17 bits per heavy atom. The van der Waals surface area contributed by atoms with Crippen LogP contribution in [-0.2, 0) is 20.7 Å². The maximum absolute atomic E-state index is 12.2. The molecule has 0 saturated heterocycles. The molecule has 1 aromatic rings. The minimum Gasteiger partial charge on any atom is -0.459 e. The van der Waals surface area contributed by atoms with E-state index in [2.05, 4.69) is 9.97 Å². The summed E-state index contributed by atoms with van der Waals surface area (Å²) in [4.78, 5) is 34.3. The largest absolute Gasteiger partial charge is 0.459 e. The van der Waals surface area contributed by atoms with Crippen molar-refractivity contribution in [1.82, 2.24) is 14.9 Å². The van der Waals surface area contributed by atoms with Crippen molar-refractivity contribution in [1.29, 1.82) is 0 Å². The Hall–Kier alpha value is -1.63. The van der Waals surface area contributed by atoms with E-state index in [4.69, 9.17) is 4.74 Å². The van der Waals surface area contributed by atoms with Crippen molar-refractivity contribution in [2.75, 3.05) is 19.8 Å². The predicted molar refractivity (Wildman–Crippen MR) is 95.1 cm³/mol. The van der Waals surface area contributed by atoms with Gasteiger partial charge in [-0.15, -0.1) is 0 Å². The Morgan fingerprint density at radius 1 is 1.17 bits per heavy atom. The first-order valence-electron chi connectivity index (χ1n) is 7.87. The van der Waals surface area contributed by atoms with E-state index >= 15 is 0 Å². The highest BCUT2D eigenvalue weighted by Gasteiger charge is 2.20. The Labute approximate surface area is 148 Å². The summed E-state index contributed by atoms with van der Waals surface area (Å²) in [6, 6.07) is 0. The van der Waals surface area contributed by atoms with Crippen LogP contribution in [0.4, 0.5) is 0 Å². The molecule has 1 rings (SSSR count). The first-order chi connectivity index (χ1) is 11.0. The van der Waals surface area contributed by atoms with Gasteiger partial charge in [0.25, 0.3) is 0 Å². The summed E-state index contributed by atoms with van der Waals surface area (Å²) >= 11 is 1.50. The fraction of sp³-hybridized carbons (Fsp3) is 0.647. The second-order valence-electron chi connectivity index (χ2n) is 6.70. The zero-order chi connectivity index (χ0) is 18.5. The van der Waals surface area contributed by atoms with Crippen molar-refractivity contribution in [2.45, 2.75) is 58.2 Å². The molecule has 0 spiro atoms. The molecule has 24 heavy (non-hydrogen) atoms. The van der Waals surface area contributed by atoms with Crippen LogP contribution < -0.4 is 0 Å². The van der Waals surface area contributed by atoms with Crippen LogP contribution in [0.5, 0.6) is 0 Å². The molecule has 0 aliphatic rings. The average Bonchev–Trinajstić information content (AvgIpc) is 2.43. The molecular formula is C17H27N3O3S. The molecule has 0 aliphatic heterocycles. The third-order valence-electron chi connectivity index (χ3n) is 3.38. The van der Waals surface area contributed by atoms with Crippen molar-refractivity contribution in [3.05, 3.63) is 17.0 Å². The zero-order valence-corrected chi connectivity index (χ0v) is 16.4. The number of amides is 1. The number of aryl methyl sites for hydroxylation is 2. The Balaban J connectivity index is 2.61. The van der Waals surface area contributed by atoms with Gasteiger partial charge in [-0.3, -0.25) is 9.59 Å². The van der Waals surface area contributed by atoms with Gasteiger partial charge in [0.05, 0.1) is 0 Å². The Bertz CT molecular complexity index is 589. The van der Waals surface area contributed by atoms with E-state index in [1.165, 1.54) is 16.7 Å². The fourth-order valence-corrected chi connectivity index (χ4v) is 2.70. The molecule has 0 radical (unpaired) electrons. The van der Waals surface area contributed by atoms with E-state index in [0.29, 0.717) is 12.8 Å². The number of nitrogens with zero attached hydrogens (tertiary/aromatic N) is 3. The van der Waals surface area contributed by atoms with Gasteiger partial charge in [-0.05, 0) is 52.9 Å². The van der Waals surface area contributed by atoms with Crippen molar-refractivity contribution in [3.63, 3.8) is 0 Å². The Morgan fingerprint density at radius 2 is 1.71 bits per heavy atom. The SMILES string of the molecule is CSc1nc(C)c(CCC(=O)N(C)CC(=O)OC(C)(C)C)c(C)n1. The van der Waals surface area contributed by atoms with Gasteiger partial charge in [0.2, 0.25) is 5.91 Å². The minimum atomic E-state index is -0.550. The standard InChI is InChI=1S/C17H27N3O3S/c1-11-13(12(2)19-16(18-11)24-7)8-9-14(21)20(6)10-15(22)23-17(3,4)5/h8-10H2,1-7H3. The third kappa shape index (κ3) is 6.47. The number of rotatable bonds is 6. The molecule has 0 bridgehead atoms. The van der Waals surface area contributed by atoms with Crippen molar-refractivity contribution in [3.8, 4) is 0 Å². The highest BCUT2D eigenvalue weighted by molar-refractivity contribution is 7.98. The highest BCUT2D eigenvalue weighted by Crippen LogP contribution is 2.17. The normalized spacial score (nSPS) is 11.3. The molecule has 0 fully saturated rings. The van der Waals surface area contributed by atoms with Crippen molar-refractivity contribution in [2.24, 2.45) is 0 Å². The number of carbonyl (C=O) groups excluding carboxylic acids is 2. The zero-order valence-electron chi connectivity index (χ0n) is 15.6. The lowest BCUT2D eigenvalue weighted by Gasteiger charge is -2.22. The molecule has 0 aliphatic carbocycles. The lowest BCUT2D eigenvalue weighted by molar-refractivity contribution is -0.158. The lowest BCUT2D eigenvalue weighted by atomic mass is 10.1. The van der Waals surface area contributed by atoms with Crippen LogP contribution in [-0.4, -0.2) is 52.2 Å². The molecule has 1 amide bonds. The molecular weight excluding hydrogens is 326 g/mol. The van der Waals surface area contributed by atoms with Gasteiger partial charge < -0.3 is 9.64 Å². The monoisotopic (exact) mass is 353 g/mol. The molecule has 6 nitrogen and oxygen atoms in total. The number of carbonyl (C=O) groups is 2. The van der Waals surface area contributed by atoms with E-state index in [9.17, 15) is 9.59 Å². The second kappa shape index (κ2) is 8.46. The number of hydrogen-bond donors (Lipinski definition) is 0. The van der Waals surface area contributed by atoms with E-state index in [-0.39, 0.29) is 12.5 Å². The quantitative estimate of drug-likeness (QED) is 0.445. The predicted octanol–water partition coefficient (Wildman–Crippen LogP) is 2.55. The van der Waals surface area contributed by atoms with Crippen LogP contribution in [0.2, 0.25) is 0 Å². The molecule has 0 atom stereocenters. The second-order valence-corrected chi connectivity index (χ2v) is 7.47. The lowest BCUT2D eigenvalue weighted by Crippen LogP contribution is -2.36. The van der Waals surface area contributed by atoms with E-state index in [0.717, 1.165) is 22.1 Å². The van der Waals surface area contributed by atoms with Crippen molar-refractivity contribution < 1.29 is 14.3 Å². The molecule has 1 aromatic heterocycles. The van der Waals surface area contributed by atoms with Crippen LogP contribution in [0, 0.1) is 13.8 Å². The summed E-state index contributed by atoms with van der Waals surface area (Å²) in [5.41, 5.74) is 2.24. The molecule has 1 heterocycles. The van der Waals surface area contributed by atoms with Crippen molar-refractivity contribution >= 4 is 23.6 Å². The maximum Gasteiger partial charge on any atom is 0.326 e. The van der Waals surface area contributed by atoms with E-state index in [1.807, 2.05) is 20.1 Å². The van der Waals surface area contributed by atoms with Crippen LogP contribution in [0.15, 0.2) is 5.16 Å². The number of ether oxygens (including phenoxy) is 1. The number of thioether (sulfide) groups is 1.